The molecule has 3 aromatic rings. The molecule has 1 aliphatic carbocycles. The van der Waals surface area contributed by atoms with E-state index in [2.05, 4.69) is 15.3 Å². The summed E-state index contributed by atoms with van der Waals surface area (Å²) in [5.41, 5.74) is 1.29. The van der Waals surface area contributed by atoms with Gasteiger partial charge in [0.1, 0.15) is 18.0 Å². The van der Waals surface area contributed by atoms with E-state index < -0.39 is 5.82 Å². The maximum Gasteiger partial charge on any atom is 0.163 e. The average molecular weight is 418 g/mol. The Labute approximate surface area is 172 Å². The molecule has 1 heterocycles. The Morgan fingerprint density at radius 2 is 1.97 bits per heavy atom. The summed E-state index contributed by atoms with van der Waals surface area (Å²) >= 11 is 5.88. The van der Waals surface area contributed by atoms with E-state index >= 15 is 0 Å². The maximum atomic E-state index is 13.4. The first-order valence-corrected chi connectivity index (χ1v) is 9.89. The minimum absolute atomic E-state index is 0.0291. The molecule has 6 nitrogen and oxygen atoms in total. The molecule has 1 saturated carbocycles. The highest BCUT2D eigenvalue weighted by atomic mass is 35.5. The molecule has 0 atom stereocenters. The number of nitrogens with zero attached hydrogens (tertiary/aromatic N) is 2. The highest BCUT2D eigenvalue weighted by Crippen LogP contribution is 2.37. The van der Waals surface area contributed by atoms with Crippen LogP contribution in [0.1, 0.15) is 19.3 Å². The van der Waals surface area contributed by atoms with Crippen LogP contribution in [0.4, 0.5) is 15.9 Å². The van der Waals surface area contributed by atoms with E-state index in [1.165, 1.54) is 31.3 Å². The minimum atomic E-state index is -0.481. The SMILES string of the molecule is OCCCOc1cc2ncnc(Nc3ccc(F)c(Cl)c3)c2cc1OCC1CC1. The third kappa shape index (κ3) is 4.86. The number of fused-ring (bicyclic) bond motifs is 1. The third-order valence-corrected chi connectivity index (χ3v) is 4.90. The zero-order valence-electron chi connectivity index (χ0n) is 15.7. The summed E-state index contributed by atoms with van der Waals surface area (Å²) in [6, 6.07) is 8.04. The van der Waals surface area contributed by atoms with Gasteiger partial charge in [-0.2, -0.15) is 0 Å². The Morgan fingerprint density at radius 3 is 2.72 bits per heavy atom. The molecule has 0 radical (unpaired) electrons. The Balaban J connectivity index is 1.67. The normalized spacial score (nSPS) is 13.5. The third-order valence-electron chi connectivity index (χ3n) is 4.61. The summed E-state index contributed by atoms with van der Waals surface area (Å²) in [5, 5.41) is 12.9. The van der Waals surface area contributed by atoms with E-state index in [9.17, 15) is 4.39 Å². The number of ether oxygens (including phenoxy) is 2. The van der Waals surface area contributed by atoms with Crippen molar-refractivity contribution in [1.82, 2.24) is 9.97 Å². The van der Waals surface area contributed by atoms with Gasteiger partial charge in [-0.25, -0.2) is 14.4 Å². The zero-order chi connectivity index (χ0) is 20.2. The van der Waals surface area contributed by atoms with Crippen LogP contribution < -0.4 is 14.8 Å². The van der Waals surface area contributed by atoms with Gasteiger partial charge >= 0.3 is 0 Å². The number of aliphatic hydroxyl groups excluding tert-OH is 1. The van der Waals surface area contributed by atoms with Crippen molar-refractivity contribution < 1.29 is 19.0 Å². The van der Waals surface area contributed by atoms with E-state index in [1.807, 2.05) is 6.07 Å². The second-order valence-electron chi connectivity index (χ2n) is 6.97. The molecule has 2 N–H and O–H groups in total. The smallest absolute Gasteiger partial charge is 0.163 e. The summed E-state index contributed by atoms with van der Waals surface area (Å²) in [7, 11) is 0. The lowest BCUT2D eigenvalue weighted by atomic mass is 10.2. The molecule has 1 aliphatic rings. The second-order valence-corrected chi connectivity index (χ2v) is 7.38. The molecule has 2 aromatic carbocycles. The van der Waals surface area contributed by atoms with Crippen molar-refractivity contribution in [2.75, 3.05) is 25.1 Å². The van der Waals surface area contributed by atoms with Crippen molar-refractivity contribution in [1.29, 1.82) is 0 Å². The number of halogens is 2. The van der Waals surface area contributed by atoms with Gasteiger partial charge in [-0.15, -0.1) is 0 Å². The quantitative estimate of drug-likeness (QED) is 0.491. The summed E-state index contributed by atoms with van der Waals surface area (Å²) < 4.78 is 25.2. The molecule has 0 bridgehead atoms. The van der Waals surface area contributed by atoms with Crippen molar-refractivity contribution in [3.63, 3.8) is 0 Å². The van der Waals surface area contributed by atoms with E-state index in [0.29, 0.717) is 54.1 Å². The molecule has 0 saturated heterocycles. The van der Waals surface area contributed by atoms with Crippen molar-refractivity contribution in [3.8, 4) is 11.5 Å². The van der Waals surface area contributed by atoms with Crippen LogP contribution in [0, 0.1) is 11.7 Å². The van der Waals surface area contributed by atoms with Gasteiger partial charge in [-0.1, -0.05) is 11.6 Å². The molecule has 0 amide bonds. The summed E-state index contributed by atoms with van der Waals surface area (Å²) in [6.07, 6.45) is 4.32. The lowest BCUT2D eigenvalue weighted by Gasteiger charge is -2.15. The van der Waals surface area contributed by atoms with Crippen molar-refractivity contribution in [3.05, 3.63) is 47.5 Å². The summed E-state index contributed by atoms with van der Waals surface area (Å²) in [6.45, 7) is 1.07. The minimum Gasteiger partial charge on any atom is -0.490 e. The van der Waals surface area contributed by atoms with Crippen LogP contribution in [0.25, 0.3) is 10.9 Å². The molecule has 152 valence electrons. The van der Waals surface area contributed by atoms with Gasteiger partial charge in [0.15, 0.2) is 11.5 Å². The van der Waals surface area contributed by atoms with E-state index in [1.54, 1.807) is 12.1 Å². The fraction of sp³-hybridized carbons (Fsp3) is 0.333. The first kappa shape index (κ1) is 19.7. The lowest BCUT2D eigenvalue weighted by molar-refractivity contribution is 0.221. The summed E-state index contributed by atoms with van der Waals surface area (Å²) in [5.74, 6) is 1.85. The lowest BCUT2D eigenvalue weighted by Crippen LogP contribution is -2.05. The Hall–Kier alpha value is -2.64. The maximum absolute atomic E-state index is 13.4. The number of aliphatic hydroxyl groups is 1. The highest BCUT2D eigenvalue weighted by molar-refractivity contribution is 6.31. The highest BCUT2D eigenvalue weighted by Gasteiger charge is 2.23. The van der Waals surface area contributed by atoms with Crippen LogP contribution in [0.3, 0.4) is 0 Å². The predicted molar refractivity (Wildman–Crippen MR) is 110 cm³/mol. The molecule has 4 rings (SSSR count). The van der Waals surface area contributed by atoms with Gasteiger partial charge in [0, 0.05) is 30.2 Å². The van der Waals surface area contributed by atoms with E-state index in [4.69, 9.17) is 26.2 Å². The average Bonchev–Trinajstić information content (AvgIpc) is 3.54. The molecule has 8 heteroatoms. The molecule has 1 fully saturated rings. The van der Waals surface area contributed by atoms with Crippen LogP contribution in [-0.4, -0.2) is 34.9 Å². The number of aromatic nitrogens is 2. The molecule has 29 heavy (non-hydrogen) atoms. The van der Waals surface area contributed by atoms with Gasteiger partial charge in [-0.3, -0.25) is 0 Å². The van der Waals surface area contributed by atoms with Gasteiger partial charge in [0.2, 0.25) is 0 Å². The number of nitrogens with one attached hydrogen (secondary N) is 1. The Morgan fingerprint density at radius 1 is 1.14 bits per heavy atom. The Kier molecular flexibility index (Phi) is 5.97. The zero-order valence-corrected chi connectivity index (χ0v) is 16.5. The number of anilines is 2. The van der Waals surface area contributed by atoms with E-state index in [-0.39, 0.29) is 11.6 Å². The first-order valence-electron chi connectivity index (χ1n) is 9.51. The molecule has 0 spiro atoms. The molecule has 1 aromatic heterocycles. The van der Waals surface area contributed by atoms with Gasteiger partial charge in [0.25, 0.3) is 0 Å². The molecular formula is C21H21ClFN3O3. The predicted octanol–water partition coefficient (Wildman–Crippen LogP) is 4.72. The topological polar surface area (TPSA) is 76.5 Å². The van der Waals surface area contributed by atoms with Crippen LogP contribution >= 0.6 is 11.6 Å². The van der Waals surface area contributed by atoms with Gasteiger partial charge in [0.05, 0.1) is 23.8 Å². The van der Waals surface area contributed by atoms with Crippen molar-refractivity contribution in [2.45, 2.75) is 19.3 Å². The summed E-state index contributed by atoms with van der Waals surface area (Å²) in [4.78, 5) is 8.65. The van der Waals surface area contributed by atoms with E-state index in [0.717, 1.165) is 5.39 Å². The first-order chi connectivity index (χ1) is 14.1. The number of benzene rings is 2. The second kappa shape index (κ2) is 8.80. The number of hydrogen-bond donors (Lipinski definition) is 2. The van der Waals surface area contributed by atoms with Crippen LogP contribution in [0.2, 0.25) is 5.02 Å². The number of rotatable bonds is 9. The van der Waals surface area contributed by atoms with Crippen LogP contribution in [0.15, 0.2) is 36.7 Å². The fourth-order valence-corrected chi connectivity index (χ4v) is 3.02. The molecule has 0 aliphatic heterocycles. The molecule has 0 unspecified atom stereocenters. The van der Waals surface area contributed by atoms with Crippen molar-refractivity contribution >= 4 is 34.0 Å². The Bertz CT molecular complexity index is 1010. The molecular weight excluding hydrogens is 397 g/mol. The van der Waals surface area contributed by atoms with Crippen LogP contribution in [-0.2, 0) is 0 Å². The number of hydrogen-bond acceptors (Lipinski definition) is 6. The monoisotopic (exact) mass is 417 g/mol. The fourth-order valence-electron chi connectivity index (χ4n) is 2.84. The standard InChI is InChI=1S/C21H21ClFN3O3/c22-16-8-14(4-5-17(16)23)26-21-15-9-19(29-11-13-2-3-13)20(28-7-1-6-27)10-18(15)24-12-25-21/h4-5,8-10,12-13,27H,1-3,6-7,11H2,(H,24,25,26). The largest absolute Gasteiger partial charge is 0.490 e. The van der Waals surface area contributed by atoms with Crippen LogP contribution in [0.5, 0.6) is 11.5 Å². The van der Waals surface area contributed by atoms with Gasteiger partial charge < -0.3 is 19.9 Å². The van der Waals surface area contributed by atoms with Gasteiger partial charge in [-0.05, 0) is 43.0 Å². The van der Waals surface area contributed by atoms with Crippen molar-refractivity contribution in [2.24, 2.45) is 5.92 Å².